The molecule has 132 valence electrons. The molecule has 0 aliphatic rings. The molecule has 4 nitrogen and oxygen atoms in total. The number of terminal acetylenes is 1. The van der Waals surface area contributed by atoms with Gasteiger partial charge in [0.15, 0.2) is 8.32 Å². The van der Waals surface area contributed by atoms with Crippen LogP contribution >= 0.6 is 0 Å². The minimum absolute atomic E-state index is 0.0359. The molecule has 0 fully saturated rings. The molecule has 0 amide bonds. The van der Waals surface area contributed by atoms with E-state index in [0.717, 1.165) is 0 Å². The smallest absolute Gasteiger partial charge is 0.338 e. The van der Waals surface area contributed by atoms with Crippen molar-refractivity contribution in [1.82, 2.24) is 0 Å². The first kappa shape index (κ1) is 20.4. The van der Waals surface area contributed by atoms with Crippen molar-refractivity contribution < 1.29 is 19.1 Å². The molecule has 3 atom stereocenters. The van der Waals surface area contributed by atoms with E-state index in [-0.39, 0.29) is 5.04 Å². The van der Waals surface area contributed by atoms with Crippen LogP contribution in [0.2, 0.25) is 18.1 Å². The summed E-state index contributed by atoms with van der Waals surface area (Å²) < 4.78 is 11.4. The van der Waals surface area contributed by atoms with Gasteiger partial charge in [0.25, 0.3) is 0 Å². The quantitative estimate of drug-likeness (QED) is 0.485. The third-order valence-corrected chi connectivity index (χ3v) is 8.94. The van der Waals surface area contributed by atoms with E-state index in [2.05, 4.69) is 39.8 Å². The Labute approximate surface area is 146 Å². The maximum Gasteiger partial charge on any atom is 0.338 e. The second-order valence-electron chi connectivity index (χ2n) is 7.43. The summed E-state index contributed by atoms with van der Waals surface area (Å²) in [4.78, 5) is 12.1. The van der Waals surface area contributed by atoms with Crippen LogP contribution in [0.4, 0.5) is 0 Å². The van der Waals surface area contributed by atoms with Gasteiger partial charge < -0.3 is 14.3 Å². The molecule has 0 bridgehead atoms. The minimum atomic E-state index is -2.14. The fourth-order valence-corrected chi connectivity index (χ4v) is 3.02. The zero-order valence-corrected chi connectivity index (χ0v) is 16.4. The Morgan fingerprint density at radius 3 is 2.25 bits per heavy atom. The van der Waals surface area contributed by atoms with Crippen LogP contribution in [0.15, 0.2) is 30.3 Å². The van der Waals surface area contributed by atoms with Gasteiger partial charge in [0.2, 0.25) is 0 Å². The number of hydrogen-bond donors (Lipinski definition) is 1. The maximum absolute atomic E-state index is 12.1. The van der Waals surface area contributed by atoms with Gasteiger partial charge in [0.05, 0.1) is 5.56 Å². The summed E-state index contributed by atoms with van der Waals surface area (Å²) in [5, 5.41) is 10.4. The molecule has 0 aromatic heterocycles. The Morgan fingerprint density at radius 1 is 1.25 bits per heavy atom. The monoisotopic (exact) mass is 348 g/mol. The molecule has 0 heterocycles. The van der Waals surface area contributed by atoms with Gasteiger partial charge in [-0.2, -0.15) is 0 Å². The summed E-state index contributed by atoms with van der Waals surface area (Å²) in [6, 6.07) is 8.64. The van der Waals surface area contributed by atoms with E-state index in [1.165, 1.54) is 0 Å². The lowest BCUT2D eigenvalue weighted by Gasteiger charge is -2.39. The highest BCUT2D eigenvalue weighted by Gasteiger charge is 2.41. The van der Waals surface area contributed by atoms with Crippen LogP contribution in [-0.2, 0) is 9.16 Å². The topological polar surface area (TPSA) is 55.8 Å². The molecule has 1 N–H and O–H groups in total. The first-order chi connectivity index (χ1) is 11.0. The van der Waals surface area contributed by atoms with Crippen molar-refractivity contribution in [2.24, 2.45) is 0 Å². The molecular formula is C19H28O4Si. The highest BCUT2D eigenvalue weighted by molar-refractivity contribution is 6.74. The Kier molecular flexibility index (Phi) is 6.79. The van der Waals surface area contributed by atoms with Crippen LogP contribution in [0, 0.1) is 12.3 Å². The van der Waals surface area contributed by atoms with Crippen molar-refractivity contribution >= 4 is 14.3 Å². The molecule has 1 aromatic carbocycles. The van der Waals surface area contributed by atoms with Crippen LogP contribution in [-0.4, -0.2) is 37.7 Å². The summed E-state index contributed by atoms with van der Waals surface area (Å²) in [6.45, 7) is 12.0. The Hall–Kier alpha value is -1.61. The van der Waals surface area contributed by atoms with Gasteiger partial charge in [-0.1, -0.05) is 44.9 Å². The number of ether oxygens (including phenoxy) is 1. The Bertz CT molecular complexity index is 584. The number of carbonyl (C=O) groups is 1. The predicted molar refractivity (Wildman–Crippen MR) is 98.2 cm³/mol. The molecule has 0 saturated heterocycles. The van der Waals surface area contributed by atoms with E-state index >= 15 is 0 Å². The van der Waals surface area contributed by atoms with Gasteiger partial charge in [-0.3, -0.25) is 0 Å². The molecule has 0 aliphatic heterocycles. The molecule has 0 saturated carbocycles. The minimum Gasteiger partial charge on any atom is -0.456 e. The van der Waals surface area contributed by atoms with Gasteiger partial charge in [0, 0.05) is 0 Å². The van der Waals surface area contributed by atoms with Crippen LogP contribution in [0.3, 0.4) is 0 Å². The van der Waals surface area contributed by atoms with Crippen LogP contribution in [0.5, 0.6) is 0 Å². The first-order valence-corrected chi connectivity index (χ1v) is 11.0. The van der Waals surface area contributed by atoms with Crippen LogP contribution in [0.1, 0.15) is 38.1 Å². The van der Waals surface area contributed by atoms with Gasteiger partial charge in [-0.25, -0.2) is 4.79 Å². The highest BCUT2D eigenvalue weighted by atomic mass is 28.4. The number of aliphatic hydroxyl groups is 1. The summed E-state index contributed by atoms with van der Waals surface area (Å²) >= 11 is 0. The van der Waals surface area contributed by atoms with E-state index in [1.54, 1.807) is 31.2 Å². The van der Waals surface area contributed by atoms with Crippen molar-refractivity contribution in [2.45, 2.75) is 64.1 Å². The van der Waals surface area contributed by atoms with Gasteiger partial charge in [0.1, 0.15) is 18.3 Å². The van der Waals surface area contributed by atoms with Gasteiger partial charge in [-0.15, -0.1) is 6.42 Å². The molecule has 0 unspecified atom stereocenters. The number of esters is 1. The number of carbonyl (C=O) groups excluding carboxylic acids is 1. The van der Waals surface area contributed by atoms with E-state index in [9.17, 15) is 9.90 Å². The van der Waals surface area contributed by atoms with Gasteiger partial charge >= 0.3 is 5.97 Å². The molecule has 1 rings (SSSR count). The Balaban J connectivity index is 2.77. The van der Waals surface area contributed by atoms with E-state index in [0.29, 0.717) is 5.56 Å². The molecule has 5 heteroatoms. The number of aliphatic hydroxyl groups excluding tert-OH is 1. The van der Waals surface area contributed by atoms with E-state index < -0.39 is 32.6 Å². The molecule has 0 aliphatic carbocycles. The van der Waals surface area contributed by atoms with Crippen molar-refractivity contribution in [3.05, 3.63) is 35.9 Å². The summed E-state index contributed by atoms with van der Waals surface area (Å²) in [5.74, 6) is 2.00. The standard InChI is InChI=1S/C19H28O4Si/c1-8-16(23-24(6,7)19(3,4)5)17(20)14(2)22-18(21)15-12-10-9-11-13-15/h1,9-14,16-17,20H,2-7H3/t14-,16-,17+/m0/s1. The summed E-state index contributed by atoms with van der Waals surface area (Å²) in [5.41, 5.74) is 0.430. The largest absolute Gasteiger partial charge is 0.456 e. The highest BCUT2D eigenvalue weighted by Crippen LogP contribution is 2.37. The van der Waals surface area contributed by atoms with Gasteiger partial charge in [-0.05, 0) is 37.2 Å². The average molecular weight is 349 g/mol. The lowest BCUT2D eigenvalue weighted by Crippen LogP contribution is -2.49. The lowest BCUT2D eigenvalue weighted by molar-refractivity contribution is -0.0430. The third-order valence-electron chi connectivity index (χ3n) is 4.49. The second-order valence-corrected chi connectivity index (χ2v) is 12.2. The third kappa shape index (κ3) is 5.20. The van der Waals surface area contributed by atoms with Crippen LogP contribution in [0.25, 0.3) is 0 Å². The molecule has 0 radical (unpaired) electrons. The molecule has 1 aromatic rings. The molecular weight excluding hydrogens is 320 g/mol. The predicted octanol–water partition coefficient (Wildman–Crippen LogP) is 3.62. The van der Waals surface area contributed by atoms with Crippen molar-refractivity contribution in [1.29, 1.82) is 0 Å². The fourth-order valence-electron chi connectivity index (χ4n) is 1.82. The summed E-state index contributed by atoms with van der Waals surface area (Å²) in [6.07, 6.45) is 2.87. The fraction of sp³-hybridized carbons (Fsp3) is 0.526. The SMILES string of the molecule is C#C[C@H](O[Si](C)(C)C(C)(C)C)[C@H](O)[C@H](C)OC(=O)c1ccccc1. The van der Waals surface area contributed by atoms with Crippen molar-refractivity contribution in [3.63, 3.8) is 0 Å². The number of hydrogen-bond acceptors (Lipinski definition) is 4. The zero-order chi connectivity index (χ0) is 18.5. The van der Waals surface area contributed by atoms with E-state index in [1.807, 2.05) is 6.07 Å². The number of rotatable bonds is 6. The molecule has 24 heavy (non-hydrogen) atoms. The van der Waals surface area contributed by atoms with Crippen molar-refractivity contribution in [2.75, 3.05) is 0 Å². The lowest BCUT2D eigenvalue weighted by atomic mass is 10.1. The van der Waals surface area contributed by atoms with E-state index in [4.69, 9.17) is 15.6 Å². The number of benzene rings is 1. The molecule has 0 spiro atoms. The normalized spacial score (nSPS) is 15.9. The van der Waals surface area contributed by atoms with Crippen molar-refractivity contribution in [3.8, 4) is 12.3 Å². The maximum atomic E-state index is 12.1. The summed E-state index contributed by atoms with van der Waals surface area (Å²) in [7, 11) is -2.14. The average Bonchev–Trinajstić information content (AvgIpc) is 2.51. The Morgan fingerprint density at radius 2 is 1.79 bits per heavy atom. The van der Waals surface area contributed by atoms with Crippen LogP contribution < -0.4 is 0 Å². The first-order valence-electron chi connectivity index (χ1n) is 8.07. The second kappa shape index (κ2) is 7.97. The zero-order valence-electron chi connectivity index (χ0n) is 15.4.